The van der Waals surface area contributed by atoms with Crippen molar-refractivity contribution < 1.29 is 0 Å². The molecule has 5 aromatic carbocycles. The van der Waals surface area contributed by atoms with Crippen LogP contribution in [-0.4, -0.2) is 4.40 Å². The second-order valence-corrected chi connectivity index (χ2v) is 8.14. The van der Waals surface area contributed by atoms with Crippen molar-refractivity contribution >= 4 is 48.9 Å². The molecule has 2 heteroatoms. The van der Waals surface area contributed by atoms with E-state index in [-0.39, 0.29) is 0 Å². The molecule has 7 rings (SSSR count). The smallest absolute Gasteiger partial charge is 0.0991 e. The zero-order chi connectivity index (χ0) is 20.5. The van der Waals surface area contributed by atoms with E-state index in [0.29, 0.717) is 5.56 Å². The Balaban J connectivity index is 1.67. The molecule has 0 aliphatic rings. The molecule has 7 aromatic rings. The van der Waals surface area contributed by atoms with Gasteiger partial charge in [-0.15, -0.1) is 0 Å². The maximum Gasteiger partial charge on any atom is 0.0991 e. The summed E-state index contributed by atoms with van der Waals surface area (Å²) >= 11 is 0. The van der Waals surface area contributed by atoms with Gasteiger partial charge in [-0.3, -0.25) is 0 Å². The SMILES string of the molecule is N#Cc1ccc(-c2ccc3c(c2)c2cc4ccccc4c4c5ccccc5n3c24)cc1. The van der Waals surface area contributed by atoms with Gasteiger partial charge in [-0.05, 0) is 58.3 Å². The standard InChI is InChI=1S/C29H16N2/c30-17-18-9-11-19(12-10-18)20-13-14-27-24(15-20)25-16-21-5-1-2-6-22(21)28-23-7-3-4-8-26(23)31(27)29(25)28/h1-16H. The molecule has 0 saturated carbocycles. The molecule has 2 aromatic heterocycles. The second kappa shape index (κ2) is 5.84. The lowest BCUT2D eigenvalue weighted by atomic mass is 9.98. The predicted molar refractivity (Wildman–Crippen MR) is 129 cm³/mol. The number of nitriles is 1. The van der Waals surface area contributed by atoms with Crippen LogP contribution in [0.15, 0.2) is 97.1 Å². The minimum absolute atomic E-state index is 0.684. The first-order chi connectivity index (χ1) is 15.3. The lowest BCUT2D eigenvalue weighted by molar-refractivity contribution is 1.37. The molecular formula is C29H16N2. The van der Waals surface area contributed by atoms with Crippen LogP contribution in [-0.2, 0) is 0 Å². The number of fused-ring (bicyclic) bond motifs is 8. The lowest BCUT2D eigenvalue weighted by Gasteiger charge is -2.05. The number of hydrogen-bond donors (Lipinski definition) is 0. The van der Waals surface area contributed by atoms with Crippen molar-refractivity contribution in [3.63, 3.8) is 0 Å². The van der Waals surface area contributed by atoms with Gasteiger partial charge in [-0.2, -0.15) is 5.26 Å². The molecule has 0 spiro atoms. The van der Waals surface area contributed by atoms with E-state index in [1.54, 1.807) is 0 Å². The average Bonchev–Trinajstić information content (AvgIpc) is 3.35. The van der Waals surface area contributed by atoms with E-state index >= 15 is 0 Å². The average molecular weight is 392 g/mol. The van der Waals surface area contributed by atoms with E-state index < -0.39 is 0 Å². The van der Waals surface area contributed by atoms with E-state index in [4.69, 9.17) is 5.26 Å². The van der Waals surface area contributed by atoms with Gasteiger partial charge in [0.25, 0.3) is 0 Å². The summed E-state index contributed by atoms with van der Waals surface area (Å²) in [5, 5.41) is 16.9. The molecule has 31 heavy (non-hydrogen) atoms. The van der Waals surface area contributed by atoms with Crippen molar-refractivity contribution in [1.29, 1.82) is 5.26 Å². The molecule has 0 N–H and O–H groups in total. The summed E-state index contributed by atoms with van der Waals surface area (Å²) in [5.74, 6) is 0. The summed E-state index contributed by atoms with van der Waals surface area (Å²) < 4.78 is 2.42. The van der Waals surface area contributed by atoms with Crippen molar-refractivity contribution in [3.8, 4) is 17.2 Å². The Morgan fingerprint density at radius 1 is 0.581 bits per heavy atom. The molecule has 0 bridgehead atoms. The number of para-hydroxylation sites is 1. The predicted octanol–water partition coefficient (Wildman–Crippen LogP) is 7.53. The molecule has 0 amide bonds. The van der Waals surface area contributed by atoms with Crippen LogP contribution >= 0.6 is 0 Å². The van der Waals surface area contributed by atoms with Crippen LogP contribution in [0.3, 0.4) is 0 Å². The van der Waals surface area contributed by atoms with Gasteiger partial charge in [0.2, 0.25) is 0 Å². The fourth-order valence-electron chi connectivity index (χ4n) is 5.16. The van der Waals surface area contributed by atoms with E-state index in [0.717, 1.165) is 5.56 Å². The molecular weight excluding hydrogens is 376 g/mol. The third kappa shape index (κ3) is 2.10. The zero-order valence-corrected chi connectivity index (χ0v) is 16.6. The van der Waals surface area contributed by atoms with Gasteiger partial charge in [0, 0.05) is 21.5 Å². The third-order valence-electron chi connectivity index (χ3n) is 6.53. The van der Waals surface area contributed by atoms with Crippen molar-refractivity contribution in [1.82, 2.24) is 4.40 Å². The van der Waals surface area contributed by atoms with Crippen LogP contribution in [0.25, 0.3) is 60.0 Å². The molecule has 2 heterocycles. The zero-order valence-electron chi connectivity index (χ0n) is 16.6. The van der Waals surface area contributed by atoms with Crippen LogP contribution in [0.5, 0.6) is 0 Å². The number of hydrogen-bond acceptors (Lipinski definition) is 1. The van der Waals surface area contributed by atoms with Gasteiger partial charge >= 0.3 is 0 Å². The van der Waals surface area contributed by atoms with Crippen LogP contribution in [0.2, 0.25) is 0 Å². The van der Waals surface area contributed by atoms with Gasteiger partial charge in [0.1, 0.15) is 0 Å². The highest BCUT2D eigenvalue weighted by Gasteiger charge is 2.19. The molecule has 0 saturated heterocycles. The maximum atomic E-state index is 9.11. The molecule has 0 atom stereocenters. The molecule has 2 nitrogen and oxygen atoms in total. The van der Waals surface area contributed by atoms with Gasteiger partial charge < -0.3 is 4.40 Å². The Kier molecular flexibility index (Phi) is 3.10. The largest absolute Gasteiger partial charge is 0.308 e. The van der Waals surface area contributed by atoms with Crippen molar-refractivity contribution in [3.05, 3.63) is 103 Å². The summed E-state index contributed by atoms with van der Waals surface area (Å²) in [6.07, 6.45) is 0. The molecule has 0 radical (unpaired) electrons. The quantitative estimate of drug-likeness (QED) is 0.284. The van der Waals surface area contributed by atoms with E-state index in [1.165, 1.54) is 54.4 Å². The Labute approximate surface area is 178 Å². The molecule has 0 fully saturated rings. The third-order valence-corrected chi connectivity index (χ3v) is 6.53. The van der Waals surface area contributed by atoms with Gasteiger partial charge in [0.05, 0.1) is 28.2 Å². The van der Waals surface area contributed by atoms with Crippen LogP contribution in [0.4, 0.5) is 0 Å². The Morgan fingerprint density at radius 2 is 1.29 bits per heavy atom. The van der Waals surface area contributed by atoms with Crippen molar-refractivity contribution in [2.75, 3.05) is 0 Å². The van der Waals surface area contributed by atoms with E-state index in [1.807, 2.05) is 24.3 Å². The Hall–Kier alpha value is -4.35. The number of rotatable bonds is 1. The molecule has 0 unspecified atom stereocenters. The summed E-state index contributed by atoms with van der Waals surface area (Å²) in [7, 11) is 0. The van der Waals surface area contributed by atoms with Crippen molar-refractivity contribution in [2.45, 2.75) is 0 Å². The summed E-state index contributed by atoms with van der Waals surface area (Å²) in [6.45, 7) is 0. The van der Waals surface area contributed by atoms with Gasteiger partial charge in [0.15, 0.2) is 0 Å². The molecule has 142 valence electrons. The molecule has 0 aliphatic heterocycles. The van der Waals surface area contributed by atoms with Gasteiger partial charge in [-0.1, -0.05) is 60.7 Å². The number of aromatic nitrogens is 1. The van der Waals surface area contributed by atoms with Gasteiger partial charge in [-0.25, -0.2) is 0 Å². The topological polar surface area (TPSA) is 28.2 Å². The van der Waals surface area contributed by atoms with Crippen LogP contribution < -0.4 is 0 Å². The van der Waals surface area contributed by atoms with E-state index in [9.17, 15) is 0 Å². The molecule has 0 aliphatic carbocycles. The normalized spacial score (nSPS) is 11.8. The fourth-order valence-corrected chi connectivity index (χ4v) is 5.16. The number of nitrogens with zero attached hydrogens (tertiary/aromatic N) is 2. The van der Waals surface area contributed by atoms with E-state index in [2.05, 4.69) is 83.3 Å². The number of benzene rings is 5. The lowest BCUT2D eigenvalue weighted by Crippen LogP contribution is -1.82. The first-order valence-corrected chi connectivity index (χ1v) is 10.4. The summed E-state index contributed by atoms with van der Waals surface area (Å²) in [5.41, 5.74) is 6.75. The monoisotopic (exact) mass is 392 g/mol. The highest BCUT2D eigenvalue weighted by atomic mass is 14.9. The van der Waals surface area contributed by atoms with Crippen molar-refractivity contribution in [2.24, 2.45) is 0 Å². The minimum atomic E-state index is 0.684. The second-order valence-electron chi connectivity index (χ2n) is 8.14. The van der Waals surface area contributed by atoms with Crippen LogP contribution in [0.1, 0.15) is 5.56 Å². The highest BCUT2D eigenvalue weighted by molar-refractivity contribution is 6.31. The first kappa shape index (κ1) is 16.4. The Morgan fingerprint density at radius 3 is 2.13 bits per heavy atom. The van der Waals surface area contributed by atoms with Crippen LogP contribution in [0, 0.1) is 11.3 Å². The highest BCUT2D eigenvalue weighted by Crippen LogP contribution is 2.43. The Bertz CT molecular complexity index is 1830. The first-order valence-electron chi connectivity index (χ1n) is 10.4. The minimum Gasteiger partial charge on any atom is -0.308 e. The summed E-state index contributed by atoms with van der Waals surface area (Å²) in [6, 6.07) is 36.5. The maximum absolute atomic E-state index is 9.11. The fraction of sp³-hybridized carbons (Fsp3) is 0. The summed E-state index contributed by atoms with van der Waals surface area (Å²) in [4.78, 5) is 0.